The van der Waals surface area contributed by atoms with Gasteiger partial charge in [0.05, 0.1) is 6.04 Å². The first-order chi connectivity index (χ1) is 9.47. The van der Waals surface area contributed by atoms with E-state index in [2.05, 4.69) is 12.2 Å². The topological polar surface area (TPSA) is 75.4 Å². The number of rotatable bonds is 6. The smallest absolute Gasteiger partial charge is 0.239 e. The first kappa shape index (κ1) is 17.0. The summed E-state index contributed by atoms with van der Waals surface area (Å²) < 4.78 is 0. The van der Waals surface area contributed by atoms with Gasteiger partial charge in [-0.1, -0.05) is 27.2 Å². The highest BCUT2D eigenvalue weighted by molar-refractivity contribution is 5.83. The van der Waals surface area contributed by atoms with Crippen LogP contribution in [0.15, 0.2) is 0 Å². The minimum atomic E-state index is -0.426. The fraction of sp³-hybridized carbons (Fsp3) is 0.867. The van der Waals surface area contributed by atoms with E-state index in [0.717, 1.165) is 32.2 Å². The lowest BCUT2D eigenvalue weighted by molar-refractivity contribution is -0.137. The van der Waals surface area contributed by atoms with Crippen LogP contribution in [0.4, 0.5) is 0 Å². The lowest BCUT2D eigenvalue weighted by Gasteiger charge is -2.33. The maximum atomic E-state index is 12.1. The lowest BCUT2D eigenvalue weighted by atomic mass is 9.94. The van der Waals surface area contributed by atoms with E-state index in [0.29, 0.717) is 13.1 Å². The first-order valence-electron chi connectivity index (χ1n) is 7.79. The molecule has 5 heteroatoms. The summed E-state index contributed by atoms with van der Waals surface area (Å²) in [6, 6.07) is -0.426. The van der Waals surface area contributed by atoms with E-state index in [9.17, 15) is 9.59 Å². The molecule has 0 aromatic carbocycles. The Hall–Kier alpha value is -1.10. The molecule has 1 atom stereocenters. The Kier molecular flexibility index (Phi) is 6.99. The van der Waals surface area contributed by atoms with Gasteiger partial charge in [0.25, 0.3) is 0 Å². The number of nitrogens with one attached hydrogen (secondary N) is 1. The van der Waals surface area contributed by atoms with Crippen LogP contribution >= 0.6 is 0 Å². The summed E-state index contributed by atoms with van der Waals surface area (Å²) in [5, 5.41) is 2.97. The molecule has 0 aliphatic carbocycles. The molecule has 0 saturated carbocycles. The summed E-state index contributed by atoms with van der Waals surface area (Å²) in [7, 11) is 0. The molecular formula is C15H29N3O2. The number of nitrogens with zero attached hydrogens (tertiary/aromatic N) is 1. The number of amides is 2. The molecule has 1 saturated heterocycles. The highest BCUT2D eigenvalue weighted by Crippen LogP contribution is 2.18. The van der Waals surface area contributed by atoms with E-state index < -0.39 is 6.04 Å². The first-order valence-corrected chi connectivity index (χ1v) is 7.79. The molecule has 0 aromatic rings. The van der Waals surface area contributed by atoms with Crippen LogP contribution in [0.1, 0.15) is 46.5 Å². The van der Waals surface area contributed by atoms with E-state index in [1.54, 1.807) is 4.90 Å². The minimum Gasteiger partial charge on any atom is -0.356 e. The number of hydrogen-bond acceptors (Lipinski definition) is 3. The Morgan fingerprint density at radius 3 is 2.40 bits per heavy atom. The Labute approximate surface area is 122 Å². The lowest BCUT2D eigenvalue weighted by Crippen LogP contribution is -2.50. The molecule has 0 bridgehead atoms. The summed E-state index contributed by atoms with van der Waals surface area (Å²) in [6.45, 7) is 8.06. The van der Waals surface area contributed by atoms with Gasteiger partial charge in [0.15, 0.2) is 0 Å². The fourth-order valence-electron chi connectivity index (χ4n) is 2.39. The molecule has 1 unspecified atom stereocenters. The van der Waals surface area contributed by atoms with Crippen LogP contribution in [0.5, 0.6) is 0 Å². The zero-order chi connectivity index (χ0) is 15.1. The molecular weight excluding hydrogens is 254 g/mol. The molecule has 1 rings (SSSR count). The summed E-state index contributed by atoms with van der Waals surface area (Å²) in [5.41, 5.74) is 5.90. The van der Waals surface area contributed by atoms with Gasteiger partial charge in [0.1, 0.15) is 0 Å². The van der Waals surface area contributed by atoms with Crippen molar-refractivity contribution in [1.82, 2.24) is 10.2 Å². The fourth-order valence-corrected chi connectivity index (χ4v) is 2.39. The predicted octanol–water partition coefficient (Wildman–Crippen LogP) is 1.12. The number of carbonyl (C=O) groups is 2. The van der Waals surface area contributed by atoms with Crippen LogP contribution in [-0.4, -0.2) is 42.4 Å². The van der Waals surface area contributed by atoms with Crippen molar-refractivity contribution in [1.29, 1.82) is 0 Å². The molecule has 1 aliphatic rings. The number of unbranched alkanes of at least 4 members (excludes halogenated alkanes) is 1. The van der Waals surface area contributed by atoms with E-state index in [-0.39, 0.29) is 23.7 Å². The second-order valence-corrected chi connectivity index (χ2v) is 6.01. The summed E-state index contributed by atoms with van der Waals surface area (Å²) in [6.07, 6.45) is 3.59. The normalized spacial score (nSPS) is 18.1. The molecule has 2 amide bonds. The quantitative estimate of drug-likeness (QED) is 0.717. The van der Waals surface area contributed by atoms with Gasteiger partial charge in [-0.05, 0) is 25.2 Å². The zero-order valence-electron chi connectivity index (χ0n) is 13.0. The van der Waals surface area contributed by atoms with Crippen molar-refractivity contribution in [2.75, 3.05) is 19.6 Å². The molecule has 1 aliphatic heterocycles. The van der Waals surface area contributed by atoms with Crippen LogP contribution in [-0.2, 0) is 9.59 Å². The van der Waals surface area contributed by atoms with Crippen LogP contribution in [0, 0.1) is 11.8 Å². The van der Waals surface area contributed by atoms with Crippen molar-refractivity contribution in [3.63, 3.8) is 0 Å². The molecule has 0 radical (unpaired) electrons. The summed E-state index contributed by atoms with van der Waals surface area (Å²) in [5.74, 6) is 0.354. The van der Waals surface area contributed by atoms with Crippen molar-refractivity contribution >= 4 is 11.8 Å². The van der Waals surface area contributed by atoms with Crippen molar-refractivity contribution in [2.24, 2.45) is 17.6 Å². The van der Waals surface area contributed by atoms with Crippen LogP contribution in [0.2, 0.25) is 0 Å². The number of likely N-dealkylation sites (tertiary alicyclic amines) is 1. The third-order valence-corrected chi connectivity index (χ3v) is 4.01. The summed E-state index contributed by atoms with van der Waals surface area (Å²) in [4.78, 5) is 25.9. The van der Waals surface area contributed by atoms with Gasteiger partial charge < -0.3 is 16.0 Å². The SMILES string of the molecule is CCCCNC(=O)C1CCN(C(=O)C(N)C(C)C)CC1. The van der Waals surface area contributed by atoms with E-state index in [1.165, 1.54) is 0 Å². The van der Waals surface area contributed by atoms with Crippen molar-refractivity contribution in [3.05, 3.63) is 0 Å². The van der Waals surface area contributed by atoms with Gasteiger partial charge in [0.2, 0.25) is 11.8 Å². The second-order valence-electron chi connectivity index (χ2n) is 6.01. The van der Waals surface area contributed by atoms with Crippen molar-refractivity contribution < 1.29 is 9.59 Å². The van der Waals surface area contributed by atoms with Crippen molar-refractivity contribution in [3.8, 4) is 0 Å². The molecule has 5 nitrogen and oxygen atoms in total. The van der Waals surface area contributed by atoms with E-state index >= 15 is 0 Å². The largest absolute Gasteiger partial charge is 0.356 e. The monoisotopic (exact) mass is 283 g/mol. The highest BCUT2D eigenvalue weighted by Gasteiger charge is 2.30. The molecule has 1 heterocycles. The van der Waals surface area contributed by atoms with Crippen LogP contribution in [0.3, 0.4) is 0 Å². The Balaban J connectivity index is 2.36. The highest BCUT2D eigenvalue weighted by atomic mass is 16.2. The van der Waals surface area contributed by atoms with E-state index in [4.69, 9.17) is 5.73 Å². The van der Waals surface area contributed by atoms with E-state index in [1.807, 2.05) is 13.8 Å². The summed E-state index contributed by atoms with van der Waals surface area (Å²) >= 11 is 0. The molecule has 3 N–H and O–H groups in total. The van der Waals surface area contributed by atoms with Crippen LogP contribution < -0.4 is 11.1 Å². The third-order valence-electron chi connectivity index (χ3n) is 4.01. The molecule has 1 fully saturated rings. The van der Waals surface area contributed by atoms with Gasteiger partial charge >= 0.3 is 0 Å². The number of nitrogens with two attached hydrogens (primary N) is 1. The Bertz CT molecular complexity index is 323. The minimum absolute atomic E-state index is 0.0184. The molecule has 20 heavy (non-hydrogen) atoms. The number of hydrogen-bond donors (Lipinski definition) is 2. The van der Waals surface area contributed by atoms with Crippen LogP contribution in [0.25, 0.3) is 0 Å². The maximum absolute atomic E-state index is 12.1. The number of piperidine rings is 1. The Morgan fingerprint density at radius 2 is 1.90 bits per heavy atom. The van der Waals surface area contributed by atoms with Gasteiger partial charge in [0, 0.05) is 25.6 Å². The predicted molar refractivity (Wildman–Crippen MR) is 80.0 cm³/mol. The molecule has 0 aromatic heterocycles. The van der Waals surface area contributed by atoms with Gasteiger partial charge in [-0.3, -0.25) is 9.59 Å². The van der Waals surface area contributed by atoms with Crippen molar-refractivity contribution in [2.45, 2.75) is 52.5 Å². The molecule has 0 spiro atoms. The molecule has 116 valence electrons. The van der Waals surface area contributed by atoms with Gasteiger partial charge in [-0.15, -0.1) is 0 Å². The van der Waals surface area contributed by atoms with Gasteiger partial charge in [-0.2, -0.15) is 0 Å². The van der Waals surface area contributed by atoms with Gasteiger partial charge in [-0.25, -0.2) is 0 Å². The number of carbonyl (C=O) groups excluding carboxylic acids is 2. The standard InChI is InChI=1S/C15H29N3O2/c1-4-5-8-17-14(19)12-6-9-18(10-7-12)15(20)13(16)11(2)3/h11-13H,4-10,16H2,1-3H3,(H,17,19). The Morgan fingerprint density at radius 1 is 1.30 bits per heavy atom. The third kappa shape index (κ3) is 4.78. The second kappa shape index (κ2) is 8.25. The maximum Gasteiger partial charge on any atom is 0.239 e. The average Bonchev–Trinajstić information content (AvgIpc) is 2.46. The average molecular weight is 283 g/mol. The zero-order valence-corrected chi connectivity index (χ0v) is 13.0.